The van der Waals surface area contributed by atoms with Crippen molar-refractivity contribution < 1.29 is 9.72 Å². The van der Waals surface area contributed by atoms with Gasteiger partial charge in [0.05, 0.1) is 15.4 Å². The van der Waals surface area contributed by atoms with E-state index in [1.807, 2.05) is 0 Å². The first kappa shape index (κ1) is 11.7. The van der Waals surface area contributed by atoms with Gasteiger partial charge in [-0.15, -0.1) is 11.8 Å². The Morgan fingerprint density at radius 3 is 2.67 bits per heavy atom. The number of carbonyl (C=O) groups excluding carboxylic acids is 1. The molecule has 1 aromatic carbocycles. The van der Waals surface area contributed by atoms with E-state index in [1.54, 1.807) is 25.3 Å². The highest BCUT2D eigenvalue weighted by Crippen LogP contribution is 2.31. The van der Waals surface area contributed by atoms with Gasteiger partial charge in [-0.3, -0.25) is 14.9 Å². The highest BCUT2D eigenvalue weighted by molar-refractivity contribution is 7.98. The van der Waals surface area contributed by atoms with E-state index in [1.165, 1.54) is 17.8 Å². The van der Waals surface area contributed by atoms with Crippen LogP contribution in [0.15, 0.2) is 23.1 Å². The molecule has 0 aliphatic heterocycles. The van der Waals surface area contributed by atoms with Gasteiger partial charge in [-0.2, -0.15) is 0 Å². The van der Waals surface area contributed by atoms with E-state index in [0.29, 0.717) is 4.90 Å². The van der Waals surface area contributed by atoms with Gasteiger partial charge in [0.15, 0.2) is 5.78 Å². The van der Waals surface area contributed by atoms with Gasteiger partial charge in [-0.25, -0.2) is 0 Å². The maximum atomic E-state index is 11.5. The fourth-order valence-corrected chi connectivity index (χ4v) is 1.88. The third-order valence-electron chi connectivity index (χ3n) is 2.02. The summed E-state index contributed by atoms with van der Waals surface area (Å²) in [5.74, 6) is -0.197. The molecule has 15 heavy (non-hydrogen) atoms. The molecule has 4 nitrogen and oxygen atoms in total. The van der Waals surface area contributed by atoms with Gasteiger partial charge in [0.1, 0.15) is 0 Å². The number of nitrogens with zero attached hydrogens (tertiary/aromatic N) is 1. The van der Waals surface area contributed by atoms with E-state index in [0.717, 1.165) is 0 Å². The van der Waals surface area contributed by atoms with E-state index in [-0.39, 0.29) is 23.5 Å². The highest BCUT2D eigenvalue weighted by Gasteiger charge is 2.22. The first-order chi connectivity index (χ1) is 7.11. The number of carbonyl (C=O) groups is 1. The standard InChI is InChI=1S/C10H11NO3S/c1-3-8(12)7-5-4-6-9(15-2)10(7)11(13)14/h4-6H,3H2,1-2H3. The van der Waals surface area contributed by atoms with E-state index in [4.69, 9.17) is 0 Å². The average molecular weight is 225 g/mol. The zero-order valence-electron chi connectivity index (χ0n) is 8.52. The fourth-order valence-electron chi connectivity index (χ4n) is 1.29. The van der Waals surface area contributed by atoms with Crippen molar-refractivity contribution >= 4 is 23.2 Å². The summed E-state index contributed by atoms with van der Waals surface area (Å²) < 4.78 is 0. The number of thioether (sulfide) groups is 1. The van der Waals surface area contributed by atoms with Crippen LogP contribution in [-0.4, -0.2) is 17.0 Å². The number of rotatable bonds is 4. The summed E-state index contributed by atoms with van der Waals surface area (Å²) in [6, 6.07) is 4.82. The first-order valence-corrected chi connectivity index (χ1v) is 5.68. The minimum atomic E-state index is -0.491. The van der Waals surface area contributed by atoms with Crippen molar-refractivity contribution in [2.24, 2.45) is 0 Å². The molecule has 0 saturated heterocycles. The SMILES string of the molecule is CCC(=O)c1cccc(SC)c1[N+](=O)[O-]. The number of hydrogen-bond acceptors (Lipinski definition) is 4. The van der Waals surface area contributed by atoms with Crippen LogP contribution in [0.5, 0.6) is 0 Å². The number of para-hydroxylation sites is 1. The molecule has 0 bridgehead atoms. The lowest BCUT2D eigenvalue weighted by atomic mass is 10.1. The third-order valence-corrected chi connectivity index (χ3v) is 2.79. The molecule has 0 saturated carbocycles. The highest BCUT2D eigenvalue weighted by atomic mass is 32.2. The molecule has 1 aromatic rings. The van der Waals surface area contributed by atoms with Crippen LogP contribution in [0.2, 0.25) is 0 Å². The Balaban J connectivity index is 3.38. The number of Topliss-reactive ketones (excluding diaryl/α,β-unsaturated/α-hetero) is 1. The zero-order valence-corrected chi connectivity index (χ0v) is 9.34. The van der Waals surface area contributed by atoms with Crippen LogP contribution in [0.25, 0.3) is 0 Å². The number of nitro benzene ring substituents is 1. The molecule has 0 aromatic heterocycles. The lowest BCUT2D eigenvalue weighted by Gasteiger charge is -2.03. The van der Waals surface area contributed by atoms with Crippen molar-refractivity contribution in [3.63, 3.8) is 0 Å². The van der Waals surface area contributed by atoms with Gasteiger partial charge in [-0.1, -0.05) is 13.0 Å². The summed E-state index contributed by atoms with van der Waals surface area (Å²) in [6.45, 7) is 1.69. The fraction of sp³-hybridized carbons (Fsp3) is 0.300. The maximum Gasteiger partial charge on any atom is 0.293 e. The number of hydrogen-bond donors (Lipinski definition) is 0. The van der Waals surface area contributed by atoms with Crippen LogP contribution in [0, 0.1) is 10.1 Å². The van der Waals surface area contributed by atoms with Crippen LogP contribution < -0.4 is 0 Å². The summed E-state index contributed by atoms with van der Waals surface area (Å²) in [5.41, 5.74) is 0.131. The molecular weight excluding hydrogens is 214 g/mol. The van der Waals surface area contributed by atoms with Gasteiger partial charge in [0.25, 0.3) is 5.69 Å². The molecule has 0 aliphatic rings. The van der Waals surface area contributed by atoms with Gasteiger partial charge in [0.2, 0.25) is 0 Å². The van der Waals surface area contributed by atoms with E-state index >= 15 is 0 Å². The van der Waals surface area contributed by atoms with Gasteiger partial charge < -0.3 is 0 Å². The molecule has 0 aliphatic carbocycles. The van der Waals surface area contributed by atoms with Crippen molar-refractivity contribution in [3.8, 4) is 0 Å². The molecule has 1 rings (SSSR count). The lowest BCUT2D eigenvalue weighted by Crippen LogP contribution is -2.03. The molecule has 80 valence electrons. The summed E-state index contributed by atoms with van der Waals surface area (Å²) in [5, 5.41) is 10.9. The zero-order chi connectivity index (χ0) is 11.4. The topological polar surface area (TPSA) is 60.2 Å². The normalized spacial score (nSPS) is 10.0. The van der Waals surface area contributed by atoms with Crippen LogP contribution >= 0.6 is 11.8 Å². The predicted molar refractivity (Wildman–Crippen MR) is 59.5 cm³/mol. The van der Waals surface area contributed by atoms with Crippen LogP contribution in [0.3, 0.4) is 0 Å². The Hall–Kier alpha value is -1.36. The summed E-state index contributed by atoms with van der Waals surface area (Å²) in [4.78, 5) is 22.4. The number of ketones is 1. The summed E-state index contributed by atoms with van der Waals surface area (Å²) in [7, 11) is 0. The smallest absolute Gasteiger partial charge is 0.293 e. The van der Waals surface area contributed by atoms with Crippen molar-refractivity contribution in [3.05, 3.63) is 33.9 Å². The maximum absolute atomic E-state index is 11.5. The van der Waals surface area contributed by atoms with Crippen molar-refractivity contribution in [1.29, 1.82) is 0 Å². The Morgan fingerprint density at radius 1 is 1.53 bits per heavy atom. The number of nitro groups is 1. The average Bonchev–Trinajstić information content (AvgIpc) is 2.26. The largest absolute Gasteiger partial charge is 0.294 e. The van der Waals surface area contributed by atoms with Crippen molar-refractivity contribution in [2.45, 2.75) is 18.2 Å². The monoisotopic (exact) mass is 225 g/mol. The van der Waals surface area contributed by atoms with Gasteiger partial charge in [-0.05, 0) is 18.4 Å². The van der Waals surface area contributed by atoms with Gasteiger partial charge in [0, 0.05) is 6.42 Å². The summed E-state index contributed by atoms with van der Waals surface area (Å²) in [6.07, 6.45) is 2.03. The molecule has 0 heterocycles. The lowest BCUT2D eigenvalue weighted by molar-refractivity contribution is -0.388. The minimum Gasteiger partial charge on any atom is -0.294 e. The second kappa shape index (κ2) is 4.93. The Kier molecular flexibility index (Phi) is 3.85. The van der Waals surface area contributed by atoms with Crippen molar-refractivity contribution in [1.82, 2.24) is 0 Å². The van der Waals surface area contributed by atoms with E-state index in [2.05, 4.69) is 0 Å². The molecule has 0 unspecified atom stereocenters. The molecule has 0 N–H and O–H groups in total. The Bertz CT molecular complexity index is 404. The second-order valence-electron chi connectivity index (χ2n) is 2.89. The van der Waals surface area contributed by atoms with E-state index in [9.17, 15) is 14.9 Å². The molecule has 0 spiro atoms. The molecule has 0 amide bonds. The second-order valence-corrected chi connectivity index (χ2v) is 3.74. The van der Waals surface area contributed by atoms with Crippen molar-refractivity contribution in [2.75, 3.05) is 6.26 Å². The Labute approximate surface area is 91.8 Å². The Morgan fingerprint density at radius 2 is 2.20 bits per heavy atom. The molecule has 0 radical (unpaired) electrons. The van der Waals surface area contributed by atoms with E-state index < -0.39 is 4.92 Å². The molecular formula is C10H11NO3S. The first-order valence-electron chi connectivity index (χ1n) is 4.46. The predicted octanol–water partition coefficient (Wildman–Crippen LogP) is 2.91. The van der Waals surface area contributed by atoms with Crippen LogP contribution in [0.1, 0.15) is 23.7 Å². The third kappa shape index (κ3) is 2.36. The van der Waals surface area contributed by atoms with Crippen LogP contribution in [0.4, 0.5) is 5.69 Å². The van der Waals surface area contributed by atoms with Crippen LogP contribution in [-0.2, 0) is 0 Å². The quantitative estimate of drug-likeness (QED) is 0.342. The minimum absolute atomic E-state index is 0.0724. The molecule has 5 heteroatoms. The van der Waals surface area contributed by atoms with Gasteiger partial charge >= 0.3 is 0 Å². The number of benzene rings is 1. The molecule has 0 atom stereocenters. The summed E-state index contributed by atoms with van der Waals surface area (Å²) >= 11 is 1.27. The molecule has 0 fully saturated rings.